The van der Waals surface area contributed by atoms with Crippen LogP contribution in [0.2, 0.25) is 0 Å². The molecule has 16 heavy (non-hydrogen) atoms. The highest BCUT2D eigenvalue weighted by atomic mass is 19.1. The molecule has 1 aliphatic carbocycles. The van der Waals surface area contributed by atoms with Crippen LogP contribution >= 0.6 is 0 Å². The third kappa shape index (κ3) is 2.06. The summed E-state index contributed by atoms with van der Waals surface area (Å²) >= 11 is 0. The average molecular weight is 222 g/mol. The molecule has 1 aromatic rings. The number of phenolic OH excluding ortho intramolecular Hbond substituents is 1. The highest BCUT2D eigenvalue weighted by molar-refractivity contribution is 5.41. The van der Waals surface area contributed by atoms with Crippen molar-refractivity contribution in [3.05, 3.63) is 29.1 Å². The van der Waals surface area contributed by atoms with E-state index in [9.17, 15) is 9.50 Å². The summed E-state index contributed by atoms with van der Waals surface area (Å²) in [6, 6.07) is 3.15. The molecule has 1 N–H and O–H groups in total. The minimum absolute atomic E-state index is 0.114. The van der Waals surface area contributed by atoms with Crippen molar-refractivity contribution >= 4 is 0 Å². The lowest BCUT2D eigenvalue weighted by Gasteiger charge is -2.15. The smallest absolute Gasteiger partial charge is 0.127 e. The largest absolute Gasteiger partial charge is 0.508 e. The summed E-state index contributed by atoms with van der Waals surface area (Å²) in [5.41, 5.74) is 1.42. The van der Waals surface area contributed by atoms with Gasteiger partial charge in [-0.15, -0.1) is 0 Å². The van der Waals surface area contributed by atoms with Gasteiger partial charge in [0.05, 0.1) is 0 Å². The Balaban J connectivity index is 2.37. The number of hydrogen-bond donors (Lipinski definition) is 1. The maximum Gasteiger partial charge on any atom is 0.127 e. The highest BCUT2D eigenvalue weighted by Gasteiger charge is 2.22. The summed E-state index contributed by atoms with van der Waals surface area (Å²) in [6.45, 7) is 3.88. The number of aromatic hydroxyl groups is 1. The Hall–Kier alpha value is -1.05. The predicted molar refractivity (Wildman–Crippen MR) is 63.4 cm³/mol. The molecule has 2 heteroatoms. The van der Waals surface area contributed by atoms with E-state index < -0.39 is 0 Å². The first-order valence-corrected chi connectivity index (χ1v) is 6.12. The Labute approximate surface area is 96.3 Å². The lowest BCUT2D eigenvalue weighted by molar-refractivity contribution is 0.455. The first-order valence-electron chi connectivity index (χ1n) is 6.12. The SMILES string of the molecule is CC(C)c1cc(O)c(C2CCCC2)cc1F. The van der Waals surface area contributed by atoms with Gasteiger partial charge in [0.1, 0.15) is 11.6 Å². The summed E-state index contributed by atoms with van der Waals surface area (Å²) < 4.78 is 13.8. The molecule has 0 amide bonds. The van der Waals surface area contributed by atoms with Gasteiger partial charge in [-0.3, -0.25) is 0 Å². The molecule has 1 aromatic carbocycles. The van der Waals surface area contributed by atoms with Gasteiger partial charge in [-0.05, 0) is 47.9 Å². The first kappa shape index (κ1) is 11.4. The van der Waals surface area contributed by atoms with Crippen LogP contribution in [-0.2, 0) is 0 Å². The Morgan fingerprint density at radius 2 is 1.88 bits per heavy atom. The van der Waals surface area contributed by atoms with Crippen molar-refractivity contribution < 1.29 is 9.50 Å². The Bertz CT molecular complexity index is 379. The number of halogens is 1. The van der Waals surface area contributed by atoms with Crippen LogP contribution in [-0.4, -0.2) is 5.11 Å². The number of benzene rings is 1. The van der Waals surface area contributed by atoms with Crippen molar-refractivity contribution in [2.75, 3.05) is 0 Å². The van der Waals surface area contributed by atoms with Crippen LogP contribution in [0.4, 0.5) is 4.39 Å². The van der Waals surface area contributed by atoms with Gasteiger partial charge in [-0.2, -0.15) is 0 Å². The van der Waals surface area contributed by atoms with E-state index in [2.05, 4.69) is 0 Å². The molecule has 0 atom stereocenters. The van der Waals surface area contributed by atoms with Crippen molar-refractivity contribution in [3.8, 4) is 5.75 Å². The van der Waals surface area contributed by atoms with E-state index >= 15 is 0 Å². The lowest BCUT2D eigenvalue weighted by Crippen LogP contribution is -1.99. The van der Waals surface area contributed by atoms with E-state index in [1.807, 2.05) is 13.8 Å². The van der Waals surface area contributed by atoms with Crippen molar-refractivity contribution in [1.82, 2.24) is 0 Å². The number of hydrogen-bond acceptors (Lipinski definition) is 1. The minimum Gasteiger partial charge on any atom is -0.508 e. The Morgan fingerprint density at radius 3 is 2.44 bits per heavy atom. The summed E-state index contributed by atoms with van der Waals surface area (Å²) in [6.07, 6.45) is 4.54. The monoisotopic (exact) mass is 222 g/mol. The van der Waals surface area contributed by atoms with E-state index in [0.717, 1.165) is 18.4 Å². The van der Waals surface area contributed by atoms with E-state index in [0.29, 0.717) is 11.5 Å². The van der Waals surface area contributed by atoms with Gasteiger partial charge in [0, 0.05) is 0 Å². The maximum absolute atomic E-state index is 13.8. The molecule has 0 aromatic heterocycles. The fourth-order valence-corrected chi connectivity index (χ4v) is 2.60. The van der Waals surface area contributed by atoms with Gasteiger partial charge < -0.3 is 5.11 Å². The van der Waals surface area contributed by atoms with Crippen molar-refractivity contribution in [2.24, 2.45) is 0 Å². The third-order valence-electron chi connectivity index (χ3n) is 3.56. The van der Waals surface area contributed by atoms with Crippen LogP contribution in [0.5, 0.6) is 5.75 Å². The second kappa shape index (κ2) is 4.44. The average Bonchev–Trinajstić information content (AvgIpc) is 2.73. The van der Waals surface area contributed by atoms with Crippen LogP contribution < -0.4 is 0 Å². The summed E-state index contributed by atoms with van der Waals surface area (Å²) in [5, 5.41) is 9.96. The second-order valence-electron chi connectivity index (χ2n) is 5.07. The molecule has 88 valence electrons. The van der Waals surface area contributed by atoms with Crippen LogP contribution in [0.15, 0.2) is 12.1 Å². The third-order valence-corrected chi connectivity index (χ3v) is 3.56. The lowest BCUT2D eigenvalue weighted by atomic mass is 9.92. The molecule has 0 saturated heterocycles. The molecule has 1 saturated carbocycles. The van der Waals surface area contributed by atoms with Crippen LogP contribution in [0, 0.1) is 5.82 Å². The van der Waals surface area contributed by atoms with E-state index in [1.165, 1.54) is 12.8 Å². The maximum atomic E-state index is 13.8. The zero-order valence-corrected chi connectivity index (χ0v) is 9.96. The van der Waals surface area contributed by atoms with Gasteiger partial charge >= 0.3 is 0 Å². The first-order chi connectivity index (χ1) is 7.59. The van der Waals surface area contributed by atoms with Crippen molar-refractivity contribution in [1.29, 1.82) is 0 Å². The van der Waals surface area contributed by atoms with Gasteiger partial charge in [0.15, 0.2) is 0 Å². The molecule has 0 heterocycles. The normalized spacial score (nSPS) is 17.2. The van der Waals surface area contributed by atoms with Crippen LogP contribution in [0.1, 0.15) is 62.5 Å². The molecule has 0 unspecified atom stereocenters. The van der Waals surface area contributed by atoms with E-state index in [1.54, 1.807) is 12.1 Å². The van der Waals surface area contributed by atoms with E-state index in [-0.39, 0.29) is 17.5 Å². The molecule has 1 aliphatic rings. The molecular formula is C14H19FO. The molecular weight excluding hydrogens is 203 g/mol. The van der Waals surface area contributed by atoms with Crippen LogP contribution in [0.3, 0.4) is 0 Å². The fraction of sp³-hybridized carbons (Fsp3) is 0.571. The summed E-state index contributed by atoms with van der Waals surface area (Å²) in [7, 11) is 0. The molecule has 0 radical (unpaired) electrons. The van der Waals surface area contributed by atoms with Gasteiger partial charge in [-0.1, -0.05) is 26.7 Å². The van der Waals surface area contributed by atoms with E-state index in [4.69, 9.17) is 0 Å². The Morgan fingerprint density at radius 1 is 1.25 bits per heavy atom. The zero-order valence-electron chi connectivity index (χ0n) is 9.96. The fourth-order valence-electron chi connectivity index (χ4n) is 2.60. The zero-order chi connectivity index (χ0) is 11.7. The molecule has 1 nitrogen and oxygen atoms in total. The molecule has 0 bridgehead atoms. The number of rotatable bonds is 2. The quantitative estimate of drug-likeness (QED) is 0.790. The predicted octanol–water partition coefficient (Wildman–Crippen LogP) is 4.31. The highest BCUT2D eigenvalue weighted by Crippen LogP contribution is 2.40. The minimum atomic E-state index is -0.172. The standard InChI is InChI=1S/C14H19FO/c1-9(2)11-8-14(16)12(7-13(11)15)10-5-3-4-6-10/h7-10,16H,3-6H2,1-2H3. The second-order valence-corrected chi connectivity index (χ2v) is 5.07. The number of phenols is 1. The Kier molecular flexibility index (Phi) is 3.17. The van der Waals surface area contributed by atoms with Crippen LogP contribution in [0.25, 0.3) is 0 Å². The molecule has 2 rings (SSSR count). The van der Waals surface area contributed by atoms with Crippen molar-refractivity contribution in [2.45, 2.75) is 51.4 Å². The molecule has 0 spiro atoms. The summed E-state index contributed by atoms with van der Waals surface area (Å²) in [5.74, 6) is 0.575. The summed E-state index contributed by atoms with van der Waals surface area (Å²) in [4.78, 5) is 0. The molecule has 1 fully saturated rings. The van der Waals surface area contributed by atoms with Gasteiger partial charge in [0.2, 0.25) is 0 Å². The van der Waals surface area contributed by atoms with Gasteiger partial charge in [-0.25, -0.2) is 4.39 Å². The molecule has 0 aliphatic heterocycles. The topological polar surface area (TPSA) is 20.2 Å². The van der Waals surface area contributed by atoms with Gasteiger partial charge in [0.25, 0.3) is 0 Å². The van der Waals surface area contributed by atoms with Crippen molar-refractivity contribution in [3.63, 3.8) is 0 Å².